The van der Waals surface area contributed by atoms with Gasteiger partial charge in [-0.3, -0.25) is 4.79 Å². The first-order valence-corrected chi connectivity index (χ1v) is 9.04. The molecule has 2 aliphatic rings. The van der Waals surface area contributed by atoms with E-state index in [9.17, 15) is 14.0 Å². The molecular weight excluding hydrogens is 365 g/mol. The summed E-state index contributed by atoms with van der Waals surface area (Å²) in [6.45, 7) is 1.41. The standard InChI is InChI=1S/C20H20FN3O4/c21-15-3-1-13(2-4-15)9-22-20(26)23-10-14-7-19(25)24(11-14)16-5-6-17-18(8-16)28-12-27-17/h1-6,8,14H,7,9-12H2,(H2,22,23,26). The van der Waals surface area contributed by atoms with Crippen LogP contribution in [-0.4, -0.2) is 31.8 Å². The van der Waals surface area contributed by atoms with Crippen molar-refractivity contribution in [1.82, 2.24) is 10.6 Å². The molecule has 8 heteroatoms. The summed E-state index contributed by atoms with van der Waals surface area (Å²) < 4.78 is 23.5. The molecule has 1 atom stereocenters. The van der Waals surface area contributed by atoms with Gasteiger partial charge >= 0.3 is 6.03 Å². The lowest BCUT2D eigenvalue weighted by atomic mass is 10.1. The van der Waals surface area contributed by atoms with Gasteiger partial charge in [-0.25, -0.2) is 9.18 Å². The molecule has 4 rings (SSSR count). The fraction of sp³-hybridized carbons (Fsp3) is 0.300. The van der Waals surface area contributed by atoms with Crippen molar-refractivity contribution in [3.8, 4) is 11.5 Å². The number of anilines is 1. The van der Waals surface area contributed by atoms with Crippen LogP contribution in [0.1, 0.15) is 12.0 Å². The predicted molar refractivity (Wildman–Crippen MR) is 99.7 cm³/mol. The lowest BCUT2D eigenvalue weighted by molar-refractivity contribution is -0.117. The van der Waals surface area contributed by atoms with E-state index in [1.807, 2.05) is 6.07 Å². The van der Waals surface area contributed by atoms with E-state index in [0.29, 0.717) is 37.6 Å². The highest BCUT2D eigenvalue weighted by atomic mass is 19.1. The summed E-state index contributed by atoms with van der Waals surface area (Å²) in [5.41, 5.74) is 1.57. The van der Waals surface area contributed by atoms with E-state index >= 15 is 0 Å². The van der Waals surface area contributed by atoms with Crippen molar-refractivity contribution in [2.45, 2.75) is 13.0 Å². The number of carbonyl (C=O) groups excluding carboxylic acids is 2. The molecule has 2 aromatic carbocycles. The molecule has 0 saturated carbocycles. The second-order valence-electron chi connectivity index (χ2n) is 6.80. The SMILES string of the molecule is O=C(NCc1ccc(F)cc1)NCC1CC(=O)N(c2ccc3c(c2)OCO3)C1. The zero-order valence-corrected chi connectivity index (χ0v) is 15.1. The van der Waals surface area contributed by atoms with Crippen LogP contribution in [0.5, 0.6) is 11.5 Å². The number of benzene rings is 2. The number of rotatable bonds is 5. The molecule has 0 aromatic heterocycles. The summed E-state index contributed by atoms with van der Waals surface area (Å²) in [6, 6.07) is 11.0. The van der Waals surface area contributed by atoms with E-state index in [0.717, 1.165) is 11.3 Å². The molecule has 2 aromatic rings. The summed E-state index contributed by atoms with van der Waals surface area (Å²) >= 11 is 0. The van der Waals surface area contributed by atoms with Crippen molar-refractivity contribution < 1.29 is 23.5 Å². The number of nitrogens with one attached hydrogen (secondary N) is 2. The molecule has 7 nitrogen and oxygen atoms in total. The van der Waals surface area contributed by atoms with Crippen molar-refractivity contribution >= 4 is 17.6 Å². The second-order valence-corrected chi connectivity index (χ2v) is 6.80. The average molecular weight is 385 g/mol. The maximum absolute atomic E-state index is 12.9. The minimum atomic E-state index is -0.321. The highest BCUT2D eigenvalue weighted by Gasteiger charge is 2.31. The van der Waals surface area contributed by atoms with Gasteiger partial charge in [0.05, 0.1) is 0 Å². The van der Waals surface area contributed by atoms with Crippen molar-refractivity contribution in [3.05, 3.63) is 53.8 Å². The van der Waals surface area contributed by atoms with Gasteiger partial charge in [-0.05, 0) is 29.8 Å². The van der Waals surface area contributed by atoms with Crippen LogP contribution in [0.4, 0.5) is 14.9 Å². The summed E-state index contributed by atoms with van der Waals surface area (Å²) in [5, 5.41) is 5.52. The Hall–Kier alpha value is -3.29. The predicted octanol–water partition coefficient (Wildman–Crippen LogP) is 2.41. The maximum atomic E-state index is 12.9. The fourth-order valence-corrected chi connectivity index (χ4v) is 3.31. The molecule has 0 radical (unpaired) electrons. The van der Waals surface area contributed by atoms with Crippen molar-refractivity contribution in [1.29, 1.82) is 0 Å². The molecule has 0 spiro atoms. The van der Waals surface area contributed by atoms with Crippen LogP contribution in [0.2, 0.25) is 0 Å². The Morgan fingerprint density at radius 3 is 2.71 bits per heavy atom. The molecule has 1 saturated heterocycles. The summed E-state index contributed by atoms with van der Waals surface area (Å²) in [5.74, 6) is 1.02. The molecule has 3 amide bonds. The molecular formula is C20H20FN3O4. The fourth-order valence-electron chi connectivity index (χ4n) is 3.31. The number of urea groups is 1. The van der Waals surface area contributed by atoms with Gasteiger partial charge in [0, 0.05) is 43.7 Å². The van der Waals surface area contributed by atoms with Crippen LogP contribution in [-0.2, 0) is 11.3 Å². The third-order valence-electron chi connectivity index (χ3n) is 4.79. The number of nitrogens with zero attached hydrogens (tertiary/aromatic N) is 1. The highest BCUT2D eigenvalue weighted by Crippen LogP contribution is 2.37. The van der Waals surface area contributed by atoms with Gasteiger partial charge in [0.1, 0.15) is 5.82 Å². The van der Waals surface area contributed by atoms with Gasteiger partial charge in [-0.1, -0.05) is 12.1 Å². The van der Waals surface area contributed by atoms with Crippen LogP contribution < -0.4 is 25.0 Å². The number of carbonyl (C=O) groups is 2. The van der Waals surface area contributed by atoms with Crippen molar-refractivity contribution in [2.24, 2.45) is 5.92 Å². The first kappa shape index (κ1) is 18.1. The van der Waals surface area contributed by atoms with E-state index < -0.39 is 0 Å². The zero-order valence-electron chi connectivity index (χ0n) is 15.1. The van der Waals surface area contributed by atoms with E-state index in [1.165, 1.54) is 12.1 Å². The Kier molecular flexibility index (Phi) is 5.01. The van der Waals surface area contributed by atoms with Gasteiger partial charge in [0.2, 0.25) is 12.7 Å². The third kappa shape index (κ3) is 4.00. The van der Waals surface area contributed by atoms with Crippen molar-refractivity contribution in [2.75, 3.05) is 24.8 Å². The topological polar surface area (TPSA) is 79.9 Å². The minimum absolute atomic E-state index is 0.0115. The smallest absolute Gasteiger partial charge is 0.315 e. The van der Waals surface area contributed by atoms with Gasteiger partial charge in [0.15, 0.2) is 11.5 Å². The van der Waals surface area contributed by atoms with Gasteiger partial charge in [0.25, 0.3) is 0 Å². The Labute approximate surface area is 161 Å². The molecule has 2 aliphatic heterocycles. The summed E-state index contributed by atoms with van der Waals surface area (Å²) in [7, 11) is 0. The Bertz CT molecular complexity index is 888. The van der Waals surface area contributed by atoms with Crippen LogP contribution >= 0.6 is 0 Å². The van der Waals surface area contributed by atoms with Gasteiger partial charge in [-0.15, -0.1) is 0 Å². The molecule has 0 aliphatic carbocycles. The van der Waals surface area contributed by atoms with Crippen molar-refractivity contribution in [3.63, 3.8) is 0 Å². The monoisotopic (exact) mass is 385 g/mol. The number of amides is 3. The first-order valence-electron chi connectivity index (χ1n) is 9.04. The zero-order chi connectivity index (χ0) is 19.5. The van der Waals surface area contributed by atoms with E-state index in [2.05, 4.69) is 10.6 Å². The average Bonchev–Trinajstić information content (AvgIpc) is 3.31. The number of fused-ring (bicyclic) bond motifs is 1. The quantitative estimate of drug-likeness (QED) is 0.828. The molecule has 1 fully saturated rings. The lowest BCUT2D eigenvalue weighted by Gasteiger charge is -2.17. The van der Waals surface area contributed by atoms with E-state index in [1.54, 1.807) is 29.2 Å². The number of ether oxygens (including phenoxy) is 2. The third-order valence-corrected chi connectivity index (χ3v) is 4.79. The molecule has 2 N–H and O–H groups in total. The number of halogens is 1. The van der Waals surface area contributed by atoms with Crippen LogP contribution in [0, 0.1) is 11.7 Å². The van der Waals surface area contributed by atoms with Gasteiger partial charge < -0.3 is 25.0 Å². The Morgan fingerprint density at radius 2 is 1.89 bits per heavy atom. The minimum Gasteiger partial charge on any atom is -0.454 e. The van der Waals surface area contributed by atoms with Crippen LogP contribution in [0.15, 0.2) is 42.5 Å². The molecule has 2 heterocycles. The Balaban J connectivity index is 1.26. The van der Waals surface area contributed by atoms with Crippen LogP contribution in [0.25, 0.3) is 0 Å². The molecule has 146 valence electrons. The summed E-state index contributed by atoms with van der Waals surface area (Å²) in [4.78, 5) is 26.0. The summed E-state index contributed by atoms with van der Waals surface area (Å²) in [6.07, 6.45) is 0.368. The largest absolute Gasteiger partial charge is 0.454 e. The van der Waals surface area contributed by atoms with E-state index in [-0.39, 0.29) is 30.5 Å². The van der Waals surface area contributed by atoms with E-state index in [4.69, 9.17) is 9.47 Å². The maximum Gasteiger partial charge on any atom is 0.315 e. The first-order chi connectivity index (χ1) is 13.6. The normalized spacial score (nSPS) is 17.7. The molecule has 28 heavy (non-hydrogen) atoms. The van der Waals surface area contributed by atoms with Crippen LogP contribution in [0.3, 0.4) is 0 Å². The van der Waals surface area contributed by atoms with Gasteiger partial charge in [-0.2, -0.15) is 0 Å². The lowest BCUT2D eigenvalue weighted by Crippen LogP contribution is -2.38. The highest BCUT2D eigenvalue weighted by molar-refractivity contribution is 5.96. The number of hydrogen-bond acceptors (Lipinski definition) is 4. The molecule has 1 unspecified atom stereocenters. The second kappa shape index (κ2) is 7.75. The molecule has 0 bridgehead atoms. The Morgan fingerprint density at radius 1 is 1.11 bits per heavy atom. The number of hydrogen-bond donors (Lipinski definition) is 2.